The van der Waals surface area contributed by atoms with E-state index in [1.54, 1.807) is 12.1 Å². The van der Waals surface area contributed by atoms with Gasteiger partial charge in [-0.1, -0.05) is 24.3 Å². The summed E-state index contributed by atoms with van der Waals surface area (Å²) < 4.78 is 19.2. The Morgan fingerprint density at radius 1 is 1.17 bits per heavy atom. The van der Waals surface area contributed by atoms with E-state index in [9.17, 15) is 9.18 Å². The Labute approximate surface area is 177 Å². The van der Waals surface area contributed by atoms with Crippen LogP contribution in [0.4, 0.5) is 9.18 Å². The summed E-state index contributed by atoms with van der Waals surface area (Å²) in [5, 5.41) is 6.44. The lowest BCUT2D eigenvalue weighted by Crippen LogP contribution is -2.49. The summed E-state index contributed by atoms with van der Waals surface area (Å²) in [6, 6.07) is 12.6. The standard InChI is InChI=1S/C24H30FN3O2/c1-24(2)14-19-13-18(5-8-22(19)30-24)15-27-23(29)28(21-9-11-26-12-10-21)16-17-3-6-20(25)7-4-17/h3-8,13,21,26H,9-12,14-16H2,1-2H3,(H,27,29). The highest BCUT2D eigenvalue weighted by molar-refractivity contribution is 5.74. The zero-order valence-corrected chi connectivity index (χ0v) is 17.7. The molecule has 2 heterocycles. The van der Waals surface area contributed by atoms with Crippen LogP contribution >= 0.6 is 0 Å². The molecule has 0 saturated carbocycles. The van der Waals surface area contributed by atoms with Gasteiger partial charge in [0.25, 0.3) is 0 Å². The number of carbonyl (C=O) groups is 1. The van der Waals surface area contributed by atoms with Crippen molar-refractivity contribution in [1.29, 1.82) is 0 Å². The number of urea groups is 1. The van der Waals surface area contributed by atoms with E-state index in [0.717, 1.165) is 49.2 Å². The van der Waals surface area contributed by atoms with E-state index in [1.165, 1.54) is 17.7 Å². The molecule has 2 N–H and O–H groups in total. The van der Waals surface area contributed by atoms with Crippen molar-refractivity contribution in [2.24, 2.45) is 0 Å². The van der Waals surface area contributed by atoms with Gasteiger partial charge >= 0.3 is 6.03 Å². The van der Waals surface area contributed by atoms with E-state index >= 15 is 0 Å². The number of fused-ring (bicyclic) bond motifs is 1. The maximum absolute atomic E-state index is 13.3. The van der Waals surface area contributed by atoms with Gasteiger partial charge in [-0.2, -0.15) is 0 Å². The minimum Gasteiger partial charge on any atom is -0.487 e. The van der Waals surface area contributed by atoms with E-state index in [-0.39, 0.29) is 23.5 Å². The van der Waals surface area contributed by atoms with Crippen LogP contribution in [0.15, 0.2) is 42.5 Å². The molecule has 4 rings (SSSR count). The lowest BCUT2D eigenvalue weighted by atomic mass is 10.0. The molecule has 1 saturated heterocycles. The number of halogens is 1. The lowest BCUT2D eigenvalue weighted by Gasteiger charge is -2.35. The van der Waals surface area contributed by atoms with Crippen molar-refractivity contribution in [3.8, 4) is 5.75 Å². The summed E-state index contributed by atoms with van der Waals surface area (Å²) in [5.74, 6) is 0.670. The molecule has 0 unspecified atom stereocenters. The Bertz CT molecular complexity index is 892. The number of hydrogen-bond donors (Lipinski definition) is 2. The van der Waals surface area contributed by atoms with Gasteiger partial charge in [0, 0.05) is 25.6 Å². The van der Waals surface area contributed by atoms with Crippen molar-refractivity contribution in [3.05, 3.63) is 65.0 Å². The predicted octanol–water partition coefficient (Wildman–Crippen LogP) is 4.00. The first-order chi connectivity index (χ1) is 14.4. The Kier molecular flexibility index (Phi) is 5.95. The zero-order chi connectivity index (χ0) is 21.1. The van der Waals surface area contributed by atoms with Crippen molar-refractivity contribution in [1.82, 2.24) is 15.5 Å². The molecule has 2 aromatic rings. The summed E-state index contributed by atoms with van der Waals surface area (Å²) in [5.41, 5.74) is 3.01. The molecule has 0 aliphatic carbocycles. The number of nitrogens with one attached hydrogen (secondary N) is 2. The molecule has 0 aromatic heterocycles. The first kappa shape index (κ1) is 20.7. The van der Waals surface area contributed by atoms with E-state index in [0.29, 0.717) is 13.1 Å². The molecule has 0 bridgehead atoms. The molecule has 30 heavy (non-hydrogen) atoms. The summed E-state index contributed by atoms with van der Waals surface area (Å²) in [6.45, 7) is 6.92. The third-order valence-electron chi connectivity index (χ3n) is 5.85. The predicted molar refractivity (Wildman–Crippen MR) is 115 cm³/mol. The maximum Gasteiger partial charge on any atom is 0.318 e. The van der Waals surface area contributed by atoms with Gasteiger partial charge in [-0.3, -0.25) is 0 Å². The number of hydrogen-bond acceptors (Lipinski definition) is 3. The van der Waals surface area contributed by atoms with Crippen molar-refractivity contribution >= 4 is 6.03 Å². The fraction of sp³-hybridized carbons (Fsp3) is 0.458. The third kappa shape index (κ3) is 4.93. The highest BCUT2D eigenvalue weighted by atomic mass is 19.1. The SMILES string of the molecule is CC1(C)Cc2cc(CNC(=O)N(Cc3ccc(F)cc3)C3CCNCC3)ccc2O1. The topological polar surface area (TPSA) is 53.6 Å². The van der Waals surface area contributed by atoms with Crippen molar-refractivity contribution in [2.75, 3.05) is 13.1 Å². The van der Waals surface area contributed by atoms with Crippen LogP contribution in [0, 0.1) is 5.82 Å². The molecule has 1 fully saturated rings. The van der Waals surface area contributed by atoms with Gasteiger partial charge in [-0.25, -0.2) is 9.18 Å². The van der Waals surface area contributed by atoms with Crippen LogP contribution in [-0.2, 0) is 19.5 Å². The zero-order valence-electron chi connectivity index (χ0n) is 17.7. The van der Waals surface area contributed by atoms with E-state index in [1.807, 2.05) is 17.0 Å². The normalized spacial score (nSPS) is 17.8. The largest absolute Gasteiger partial charge is 0.487 e. The summed E-state index contributed by atoms with van der Waals surface area (Å²) in [6.07, 6.45) is 2.70. The molecular formula is C24H30FN3O2. The number of amides is 2. The van der Waals surface area contributed by atoms with E-state index in [2.05, 4.69) is 30.5 Å². The lowest BCUT2D eigenvalue weighted by molar-refractivity contribution is 0.138. The molecule has 2 aliphatic heterocycles. The van der Waals surface area contributed by atoms with Crippen molar-refractivity contribution < 1.29 is 13.9 Å². The Morgan fingerprint density at radius 2 is 1.87 bits per heavy atom. The molecule has 0 radical (unpaired) electrons. The number of piperidine rings is 1. The van der Waals surface area contributed by atoms with Crippen LogP contribution in [-0.4, -0.2) is 35.7 Å². The fourth-order valence-electron chi connectivity index (χ4n) is 4.32. The summed E-state index contributed by atoms with van der Waals surface area (Å²) in [4.78, 5) is 15.0. The molecule has 0 spiro atoms. The highest BCUT2D eigenvalue weighted by Crippen LogP contribution is 2.35. The smallest absolute Gasteiger partial charge is 0.318 e. The Hall–Kier alpha value is -2.60. The van der Waals surface area contributed by atoms with Crippen LogP contribution in [0.5, 0.6) is 5.75 Å². The van der Waals surface area contributed by atoms with Gasteiger partial charge in [-0.15, -0.1) is 0 Å². The minimum atomic E-state index is -0.264. The average Bonchev–Trinajstić information content (AvgIpc) is 3.05. The monoisotopic (exact) mass is 411 g/mol. The van der Waals surface area contributed by atoms with Crippen LogP contribution in [0.25, 0.3) is 0 Å². The number of nitrogens with zero attached hydrogens (tertiary/aromatic N) is 1. The van der Waals surface area contributed by atoms with Crippen LogP contribution in [0.2, 0.25) is 0 Å². The second-order valence-corrected chi connectivity index (χ2v) is 8.87. The summed E-state index contributed by atoms with van der Waals surface area (Å²) >= 11 is 0. The van der Waals surface area contributed by atoms with Gasteiger partial charge in [-0.05, 0) is 74.7 Å². The quantitative estimate of drug-likeness (QED) is 0.782. The Balaban J connectivity index is 1.43. The van der Waals surface area contributed by atoms with Gasteiger partial charge in [0.2, 0.25) is 0 Å². The van der Waals surface area contributed by atoms with Gasteiger partial charge < -0.3 is 20.3 Å². The van der Waals surface area contributed by atoms with E-state index < -0.39 is 0 Å². The second-order valence-electron chi connectivity index (χ2n) is 8.87. The van der Waals surface area contributed by atoms with Crippen molar-refractivity contribution in [2.45, 2.75) is 57.8 Å². The number of benzene rings is 2. The van der Waals surface area contributed by atoms with Gasteiger partial charge in [0.15, 0.2) is 0 Å². The molecule has 2 amide bonds. The molecular weight excluding hydrogens is 381 g/mol. The molecule has 5 nitrogen and oxygen atoms in total. The maximum atomic E-state index is 13.3. The van der Waals surface area contributed by atoms with Crippen LogP contribution < -0.4 is 15.4 Å². The molecule has 160 valence electrons. The molecule has 0 atom stereocenters. The number of carbonyl (C=O) groups excluding carboxylic acids is 1. The molecule has 2 aromatic carbocycles. The highest BCUT2D eigenvalue weighted by Gasteiger charge is 2.30. The van der Waals surface area contributed by atoms with E-state index in [4.69, 9.17) is 4.74 Å². The Morgan fingerprint density at radius 3 is 2.60 bits per heavy atom. The molecule has 6 heteroatoms. The van der Waals surface area contributed by atoms with Gasteiger partial charge in [0.1, 0.15) is 17.2 Å². The second kappa shape index (κ2) is 8.64. The van der Waals surface area contributed by atoms with Crippen molar-refractivity contribution in [3.63, 3.8) is 0 Å². The van der Waals surface area contributed by atoms with Gasteiger partial charge in [0.05, 0.1) is 0 Å². The summed E-state index contributed by atoms with van der Waals surface area (Å²) in [7, 11) is 0. The average molecular weight is 412 g/mol. The first-order valence-electron chi connectivity index (χ1n) is 10.7. The molecule has 2 aliphatic rings. The fourth-order valence-corrected chi connectivity index (χ4v) is 4.32. The number of ether oxygens (including phenoxy) is 1. The van der Waals surface area contributed by atoms with Crippen LogP contribution in [0.1, 0.15) is 43.4 Å². The third-order valence-corrected chi connectivity index (χ3v) is 5.85. The minimum absolute atomic E-state index is 0.0803. The van der Waals surface area contributed by atoms with Crippen LogP contribution in [0.3, 0.4) is 0 Å². The number of rotatable bonds is 5. The first-order valence-corrected chi connectivity index (χ1v) is 10.7.